The number of carboxylic acids is 1. The third-order valence-corrected chi connectivity index (χ3v) is 5.75. The van der Waals surface area contributed by atoms with Crippen molar-refractivity contribution >= 4 is 16.0 Å². The Morgan fingerprint density at radius 3 is 2.76 bits per heavy atom. The summed E-state index contributed by atoms with van der Waals surface area (Å²) in [6.45, 7) is 1.39. The Kier molecular flexibility index (Phi) is 4.65. The molecule has 2 rings (SSSR count). The van der Waals surface area contributed by atoms with Gasteiger partial charge in [-0.1, -0.05) is 6.07 Å². The van der Waals surface area contributed by atoms with Crippen LogP contribution in [0.25, 0.3) is 0 Å². The second-order valence-corrected chi connectivity index (χ2v) is 7.44. The Bertz CT molecular complexity index is 630. The molecule has 0 spiro atoms. The van der Waals surface area contributed by atoms with Crippen LogP contribution in [0.1, 0.15) is 23.2 Å². The minimum Gasteiger partial charge on any atom is -0.478 e. The van der Waals surface area contributed by atoms with Crippen molar-refractivity contribution in [2.45, 2.75) is 23.8 Å². The average Bonchev–Trinajstić information content (AvgIpc) is 2.84. The van der Waals surface area contributed by atoms with Crippen molar-refractivity contribution in [2.75, 3.05) is 27.2 Å². The topological polar surface area (TPSA) is 77.9 Å². The van der Waals surface area contributed by atoms with Crippen LogP contribution in [-0.2, 0) is 10.0 Å². The number of hydrogen-bond donors (Lipinski definition) is 1. The molecule has 0 amide bonds. The van der Waals surface area contributed by atoms with E-state index in [-0.39, 0.29) is 16.5 Å². The number of likely N-dealkylation sites (N-methyl/N-ethyl adjacent to an activating group) is 2. The number of nitrogens with zero attached hydrogens (tertiary/aromatic N) is 2. The molecule has 1 unspecified atom stereocenters. The summed E-state index contributed by atoms with van der Waals surface area (Å²) in [5.74, 6) is -1.13. The number of aromatic carboxylic acids is 1. The molecule has 0 aliphatic carbocycles. The zero-order valence-corrected chi connectivity index (χ0v) is 13.0. The zero-order valence-electron chi connectivity index (χ0n) is 12.2. The maximum Gasteiger partial charge on any atom is 0.335 e. The molecule has 1 aromatic carbocycles. The molecule has 1 atom stereocenters. The zero-order chi connectivity index (χ0) is 15.6. The van der Waals surface area contributed by atoms with Crippen LogP contribution in [0, 0.1) is 0 Å². The molecule has 0 saturated carbocycles. The van der Waals surface area contributed by atoms with Crippen LogP contribution in [-0.4, -0.2) is 61.9 Å². The van der Waals surface area contributed by atoms with Gasteiger partial charge in [-0.05, 0) is 44.6 Å². The van der Waals surface area contributed by atoms with Crippen molar-refractivity contribution in [3.63, 3.8) is 0 Å². The summed E-state index contributed by atoms with van der Waals surface area (Å²) < 4.78 is 26.3. The van der Waals surface area contributed by atoms with Gasteiger partial charge in [0.1, 0.15) is 0 Å². The molecule has 0 radical (unpaired) electrons. The fourth-order valence-corrected chi connectivity index (χ4v) is 3.83. The van der Waals surface area contributed by atoms with E-state index in [2.05, 4.69) is 4.90 Å². The second-order valence-electron chi connectivity index (χ2n) is 5.40. The van der Waals surface area contributed by atoms with Gasteiger partial charge < -0.3 is 10.0 Å². The Morgan fingerprint density at radius 1 is 1.48 bits per heavy atom. The van der Waals surface area contributed by atoms with Crippen molar-refractivity contribution in [3.8, 4) is 0 Å². The molecular formula is C14H20N2O4S. The van der Waals surface area contributed by atoms with Crippen molar-refractivity contribution in [3.05, 3.63) is 29.8 Å². The lowest BCUT2D eigenvalue weighted by atomic mass is 10.2. The molecule has 0 aromatic heterocycles. The van der Waals surface area contributed by atoms with Gasteiger partial charge in [0.2, 0.25) is 10.0 Å². The summed E-state index contributed by atoms with van der Waals surface area (Å²) in [5, 5.41) is 8.96. The van der Waals surface area contributed by atoms with E-state index >= 15 is 0 Å². The van der Waals surface area contributed by atoms with E-state index in [0.717, 1.165) is 19.4 Å². The molecule has 1 aliphatic rings. The molecule has 116 valence electrons. The molecule has 1 aliphatic heterocycles. The summed E-state index contributed by atoms with van der Waals surface area (Å²) in [4.78, 5) is 13.1. The monoisotopic (exact) mass is 312 g/mol. The lowest BCUT2D eigenvalue weighted by Crippen LogP contribution is -2.39. The highest BCUT2D eigenvalue weighted by molar-refractivity contribution is 7.89. The third kappa shape index (κ3) is 3.42. The molecule has 1 fully saturated rings. The van der Waals surface area contributed by atoms with Gasteiger partial charge in [-0.3, -0.25) is 0 Å². The fraction of sp³-hybridized carbons (Fsp3) is 0.500. The van der Waals surface area contributed by atoms with E-state index in [1.54, 1.807) is 0 Å². The van der Waals surface area contributed by atoms with Gasteiger partial charge in [-0.15, -0.1) is 0 Å². The highest BCUT2D eigenvalue weighted by Gasteiger charge is 2.28. The van der Waals surface area contributed by atoms with Crippen LogP contribution >= 0.6 is 0 Å². The first-order chi connectivity index (χ1) is 9.82. The predicted molar refractivity (Wildman–Crippen MR) is 78.9 cm³/mol. The third-order valence-electron chi connectivity index (χ3n) is 3.93. The standard InChI is InChI=1S/C14H20N2O4S/c1-15-8-4-6-12(15)10-16(2)21(19,20)13-7-3-5-11(9-13)14(17)18/h3,5,7,9,12H,4,6,8,10H2,1-2H3,(H,17,18). The summed E-state index contributed by atoms with van der Waals surface area (Å²) in [6, 6.07) is 5.67. The quantitative estimate of drug-likeness (QED) is 0.881. The van der Waals surface area contributed by atoms with Crippen LogP contribution in [0.2, 0.25) is 0 Å². The number of carbonyl (C=O) groups is 1. The first-order valence-corrected chi connectivity index (χ1v) is 8.26. The van der Waals surface area contributed by atoms with Crippen molar-refractivity contribution < 1.29 is 18.3 Å². The fourth-order valence-electron chi connectivity index (χ4n) is 2.57. The van der Waals surface area contributed by atoms with E-state index in [1.807, 2.05) is 7.05 Å². The lowest BCUT2D eigenvalue weighted by molar-refractivity contribution is 0.0696. The smallest absolute Gasteiger partial charge is 0.335 e. The first kappa shape index (κ1) is 15.9. The summed E-state index contributed by atoms with van der Waals surface area (Å²) in [5.41, 5.74) is -0.0255. The Labute approximate surface area is 125 Å². The van der Waals surface area contributed by atoms with Crippen LogP contribution in [0.15, 0.2) is 29.2 Å². The molecule has 1 aromatic rings. The number of benzene rings is 1. The summed E-state index contributed by atoms with van der Waals surface area (Å²) >= 11 is 0. The molecule has 1 heterocycles. The predicted octanol–water partition coefficient (Wildman–Crippen LogP) is 1.10. The van der Waals surface area contributed by atoms with Crippen LogP contribution < -0.4 is 0 Å². The van der Waals surface area contributed by atoms with Gasteiger partial charge >= 0.3 is 5.97 Å². The minimum atomic E-state index is -3.66. The summed E-state index contributed by atoms with van der Waals surface area (Å²) in [6.07, 6.45) is 2.05. The van der Waals surface area contributed by atoms with Gasteiger partial charge in [0.15, 0.2) is 0 Å². The maximum absolute atomic E-state index is 12.5. The van der Waals surface area contributed by atoms with Crippen LogP contribution in [0.3, 0.4) is 0 Å². The largest absolute Gasteiger partial charge is 0.478 e. The van der Waals surface area contributed by atoms with Gasteiger partial charge in [-0.25, -0.2) is 13.2 Å². The van der Waals surface area contributed by atoms with Gasteiger partial charge in [0, 0.05) is 19.6 Å². The van der Waals surface area contributed by atoms with Crippen LogP contribution in [0.5, 0.6) is 0 Å². The van der Waals surface area contributed by atoms with E-state index in [4.69, 9.17) is 5.11 Å². The molecule has 6 nitrogen and oxygen atoms in total. The van der Waals surface area contributed by atoms with Gasteiger partial charge in [0.25, 0.3) is 0 Å². The molecule has 21 heavy (non-hydrogen) atoms. The number of likely N-dealkylation sites (tertiary alicyclic amines) is 1. The normalized spacial score (nSPS) is 20.0. The van der Waals surface area contributed by atoms with Crippen molar-refractivity contribution in [1.82, 2.24) is 9.21 Å². The molecule has 1 saturated heterocycles. The van der Waals surface area contributed by atoms with Crippen molar-refractivity contribution in [2.24, 2.45) is 0 Å². The van der Waals surface area contributed by atoms with Gasteiger partial charge in [-0.2, -0.15) is 4.31 Å². The maximum atomic E-state index is 12.5. The first-order valence-electron chi connectivity index (χ1n) is 6.82. The van der Waals surface area contributed by atoms with Crippen LogP contribution in [0.4, 0.5) is 0 Å². The molecule has 0 bridgehead atoms. The number of hydrogen-bond acceptors (Lipinski definition) is 4. The van der Waals surface area contributed by atoms with Crippen molar-refractivity contribution in [1.29, 1.82) is 0 Å². The summed E-state index contributed by atoms with van der Waals surface area (Å²) in [7, 11) is -0.137. The highest BCUT2D eigenvalue weighted by atomic mass is 32.2. The van der Waals surface area contributed by atoms with E-state index in [1.165, 1.54) is 35.6 Å². The number of rotatable bonds is 5. The number of sulfonamides is 1. The SMILES string of the molecule is CN1CCCC1CN(C)S(=O)(=O)c1cccc(C(=O)O)c1. The average molecular weight is 312 g/mol. The lowest BCUT2D eigenvalue weighted by Gasteiger charge is -2.25. The van der Waals surface area contributed by atoms with E-state index in [9.17, 15) is 13.2 Å². The Morgan fingerprint density at radius 2 is 2.19 bits per heavy atom. The molecular weight excluding hydrogens is 292 g/mol. The van der Waals surface area contributed by atoms with E-state index in [0.29, 0.717) is 6.54 Å². The number of carboxylic acid groups (broad SMARTS) is 1. The Hall–Kier alpha value is -1.44. The van der Waals surface area contributed by atoms with Gasteiger partial charge in [0.05, 0.1) is 10.5 Å². The molecule has 7 heteroatoms. The molecule has 1 N–H and O–H groups in total. The highest BCUT2D eigenvalue weighted by Crippen LogP contribution is 2.20. The van der Waals surface area contributed by atoms with E-state index < -0.39 is 16.0 Å². The Balaban J connectivity index is 2.20. The second kappa shape index (κ2) is 6.13. The minimum absolute atomic E-state index is 0.0190.